The summed E-state index contributed by atoms with van der Waals surface area (Å²) in [5.41, 5.74) is 1.05. The van der Waals surface area contributed by atoms with Gasteiger partial charge in [-0.3, -0.25) is 4.79 Å². The monoisotopic (exact) mass is 336 g/mol. The first-order valence-corrected chi connectivity index (χ1v) is 8.53. The van der Waals surface area contributed by atoms with Crippen LogP contribution in [0.4, 0.5) is 0 Å². The average molecular weight is 336 g/mol. The first-order chi connectivity index (χ1) is 12.2. The largest absolute Gasteiger partial charge is 0.340 e. The van der Waals surface area contributed by atoms with Crippen molar-refractivity contribution in [3.05, 3.63) is 66.1 Å². The molecule has 25 heavy (non-hydrogen) atoms. The number of nitrogens with zero attached hydrogens (tertiary/aromatic N) is 3. The predicted molar refractivity (Wildman–Crippen MR) is 92.4 cm³/mol. The van der Waals surface area contributed by atoms with E-state index in [1.54, 1.807) is 6.92 Å². The lowest BCUT2D eigenvalue weighted by atomic mass is 9.96. The summed E-state index contributed by atoms with van der Waals surface area (Å²) in [6, 6.07) is 11.5. The fourth-order valence-corrected chi connectivity index (χ4v) is 3.48. The van der Waals surface area contributed by atoms with Crippen LogP contribution < -0.4 is 5.32 Å². The highest BCUT2D eigenvalue weighted by molar-refractivity contribution is 5.95. The number of hydrogen-bond donors (Lipinski definition) is 1. The van der Waals surface area contributed by atoms with Gasteiger partial charge in [-0.2, -0.15) is 4.98 Å². The van der Waals surface area contributed by atoms with Gasteiger partial charge in [0, 0.05) is 30.6 Å². The van der Waals surface area contributed by atoms with E-state index in [1.165, 1.54) is 0 Å². The minimum absolute atomic E-state index is 0.113. The van der Waals surface area contributed by atoms with Crippen molar-refractivity contribution in [1.29, 1.82) is 0 Å². The number of carbonyl (C=O) groups excluding carboxylic acids is 1. The molecule has 3 aromatic rings. The Morgan fingerprint density at radius 1 is 1.20 bits per heavy atom. The lowest BCUT2D eigenvalue weighted by Gasteiger charge is -2.26. The Morgan fingerprint density at radius 2 is 1.96 bits per heavy atom. The number of rotatable bonds is 4. The van der Waals surface area contributed by atoms with E-state index in [9.17, 15) is 4.79 Å². The molecule has 0 aliphatic heterocycles. The molecule has 1 aliphatic carbocycles. The van der Waals surface area contributed by atoms with Gasteiger partial charge >= 0.3 is 0 Å². The summed E-state index contributed by atoms with van der Waals surface area (Å²) in [6.45, 7) is 1.77. The molecule has 1 aliphatic rings. The molecule has 1 N–H and O–H groups in total. The molecule has 6 nitrogen and oxygen atoms in total. The second-order valence-electron chi connectivity index (χ2n) is 6.52. The Balaban J connectivity index is 1.61. The average Bonchev–Trinajstić information content (AvgIpc) is 3.37. The summed E-state index contributed by atoms with van der Waals surface area (Å²) in [6.07, 6.45) is 7.65. The minimum atomic E-state index is -0.529. The second kappa shape index (κ2) is 6.20. The van der Waals surface area contributed by atoms with Crippen molar-refractivity contribution in [1.82, 2.24) is 20.0 Å². The van der Waals surface area contributed by atoms with Crippen LogP contribution in [0.3, 0.4) is 0 Å². The van der Waals surface area contributed by atoms with Crippen molar-refractivity contribution in [3.8, 4) is 5.69 Å². The number of benzene rings is 1. The molecule has 2 heterocycles. The fraction of sp³-hybridized carbons (Fsp3) is 0.316. The second-order valence-corrected chi connectivity index (χ2v) is 6.52. The molecule has 0 spiro atoms. The third kappa shape index (κ3) is 2.95. The number of amides is 1. The molecule has 128 valence electrons. The van der Waals surface area contributed by atoms with Crippen LogP contribution in [0, 0.1) is 6.92 Å². The molecule has 0 atom stereocenters. The molecule has 0 bridgehead atoms. The zero-order valence-electron chi connectivity index (χ0n) is 14.1. The third-order valence-electron chi connectivity index (χ3n) is 4.78. The molecule has 1 saturated carbocycles. The van der Waals surface area contributed by atoms with E-state index in [-0.39, 0.29) is 5.91 Å². The molecule has 1 fully saturated rings. The zero-order valence-corrected chi connectivity index (χ0v) is 14.1. The van der Waals surface area contributed by atoms with Crippen LogP contribution in [0.5, 0.6) is 0 Å². The Kier molecular flexibility index (Phi) is 3.87. The van der Waals surface area contributed by atoms with Crippen LogP contribution in [0.2, 0.25) is 0 Å². The standard InChI is InChI=1S/C19H20N4O2/c1-14-20-18(22-25-14)19(9-2-3-10-19)21-17(24)15-7-6-8-16(13-15)23-11-4-5-12-23/h4-8,11-13H,2-3,9-10H2,1H3,(H,21,24). The van der Waals surface area contributed by atoms with Crippen LogP contribution in [-0.4, -0.2) is 20.6 Å². The molecule has 1 aromatic carbocycles. The van der Waals surface area contributed by atoms with Crippen LogP contribution in [0.15, 0.2) is 53.3 Å². The van der Waals surface area contributed by atoms with E-state index in [2.05, 4.69) is 15.5 Å². The van der Waals surface area contributed by atoms with E-state index in [4.69, 9.17) is 4.52 Å². The van der Waals surface area contributed by atoms with E-state index in [0.717, 1.165) is 31.4 Å². The molecule has 0 unspecified atom stereocenters. The summed E-state index contributed by atoms with van der Waals surface area (Å²) in [7, 11) is 0. The van der Waals surface area contributed by atoms with Crippen molar-refractivity contribution in [2.75, 3.05) is 0 Å². The lowest BCUT2D eigenvalue weighted by Crippen LogP contribution is -2.44. The first kappa shape index (κ1) is 15.6. The van der Waals surface area contributed by atoms with Crippen molar-refractivity contribution in [3.63, 3.8) is 0 Å². The highest BCUT2D eigenvalue weighted by atomic mass is 16.5. The SMILES string of the molecule is Cc1nc(C2(NC(=O)c3cccc(-n4cccc4)c3)CCCC2)no1. The molecular weight excluding hydrogens is 316 g/mol. The predicted octanol–water partition coefficient (Wildman–Crippen LogP) is 3.37. The van der Waals surface area contributed by atoms with Crippen molar-refractivity contribution in [2.24, 2.45) is 0 Å². The number of aromatic nitrogens is 3. The molecule has 1 amide bonds. The van der Waals surface area contributed by atoms with Crippen LogP contribution in [0.1, 0.15) is 47.8 Å². The summed E-state index contributed by atoms with van der Waals surface area (Å²) in [5.74, 6) is 0.987. The Bertz CT molecular complexity index is 876. The van der Waals surface area contributed by atoms with Gasteiger partial charge in [0.15, 0.2) is 5.82 Å². The van der Waals surface area contributed by atoms with Gasteiger partial charge in [0.25, 0.3) is 5.91 Å². The Hall–Kier alpha value is -2.89. The van der Waals surface area contributed by atoms with Gasteiger partial charge in [-0.05, 0) is 43.2 Å². The maximum Gasteiger partial charge on any atom is 0.252 e. The normalized spacial score (nSPS) is 16.0. The van der Waals surface area contributed by atoms with Crippen molar-refractivity contribution in [2.45, 2.75) is 38.1 Å². The maximum absolute atomic E-state index is 12.9. The van der Waals surface area contributed by atoms with Gasteiger partial charge in [-0.15, -0.1) is 0 Å². The number of carbonyl (C=O) groups is 1. The molecule has 0 saturated heterocycles. The van der Waals surface area contributed by atoms with E-state index in [0.29, 0.717) is 17.3 Å². The van der Waals surface area contributed by atoms with Gasteiger partial charge in [-0.25, -0.2) is 0 Å². The molecule has 0 radical (unpaired) electrons. The van der Waals surface area contributed by atoms with Gasteiger partial charge in [0.2, 0.25) is 5.89 Å². The third-order valence-corrected chi connectivity index (χ3v) is 4.78. The minimum Gasteiger partial charge on any atom is -0.340 e. The van der Waals surface area contributed by atoms with E-state index < -0.39 is 5.54 Å². The smallest absolute Gasteiger partial charge is 0.252 e. The number of hydrogen-bond acceptors (Lipinski definition) is 4. The highest BCUT2D eigenvalue weighted by Gasteiger charge is 2.41. The topological polar surface area (TPSA) is 73.0 Å². The van der Waals surface area contributed by atoms with Gasteiger partial charge < -0.3 is 14.4 Å². The van der Waals surface area contributed by atoms with Crippen LogP contribution >= 0.6 is 0 Å². The number of nitrogens with one attached hydrogen (secondary N) is 1. The molecular formula is C19H20N4O2. The fourth-order valence-electron chi connectivity index (χ4n) is 3.48. The molecule has 2 aromatic heterocycles. The summed E-state index contributed by atoms with van der Waals surface area (Å²) >= 11 is 0. The zero-order chi connectivity index (χ0) is 17.3. The summed E-state index contributed by atoms with van der Waals surface area (Å²) in [4.78, 5) is 17.3. The van der Waals surface area contributed by atoms with Gasteiger partial charge in [-0.1, -0.05) is 24.1 Å². The Labute approximate surface area is 145 Å². The van der Waals surface area contributed by atoms with Crippen molar-refractivity contribution >= 4 is 5.91 Å². The Morgan fingerprint density at radius 3 is 2.64 bits per heavy atom. The van der Waals surface area contributed by atoms with Gasteiger partial charge in [0.05, 0.1) is 0 Å². The van der Waals surface area contributed by atoms with E-state index >= 15 is 0 Å². The number of aryl methyl sites for hydroxylation is 1. The molecule has 4 rings (SSSR count). The van der Waals surface area contributed by atoms with E-state index in [1.807, 2.05) is 53.4 Å². The summed E-state index contributed by atoms with van der Waals surface area (Å²) < 4.78 is 7.12. The maximum atomic E-state index is 12.9. The summed E-state index contributed by atoms with van der Waals surface area (Å²) in [5, 5.41) is 7.25. The van der Waals surface area contributed by atoms with Crippen LogP contribution in [-0.2, 0) is 5.54 Å². The quantitative estimate of drug-likeness (QED) is 0.793. The van der Waals surface area contributed by atoms with Gasteiger partial charge in [0.1, 0.15) is 5.54 Å². The van der Waals surface area contributed by atoms with Crippen molar-refractivity contribution < 1.29 is 9.32 Å². The van der Waals surface area contributed by atoms with Crippen LogP contribution in [0.25, 0.3) is 5.69 Å². The first-order valence-electron chi connectivity index (χ1n) is 8.53. The highest BCUT2D eigenvalue weighted by Crippen LogP contribution is 2.37. The molecule has 6 heteroatoms. The lowest BCUT2D eigenvalue weighted by molar-refractivity contribution is 0.0892.